The maximum Gasteiger partial charge on any atom is 0.308 e. The van der Waals surface area contributed by atoms with Crippen molar-refractivity contribution >= 4 is 23.0 Å². The van der Waals surface area contributed by atoms with E-state index in [0.29, 0.717) is 17.5 Å². The third-order valence-electron chi connectivity index (χ3n) is 4.61. The molecule has 3 N–H and O–H groups in total. The van der Waals surface area contributed by atoms with Crippen LogP contribution >= 0.6 is 0 Å². The summed E-state index contributed by atoms with van der Waals surface area (Å²) in [5.74, 6) is -0.330. The average molecular weight is 378 g/mol. The average Bonchev–Trinajstić information content (AvgIpc) is 3.16. The lowest BCUT2D eigenvalue weighted by molar-refractivity contribution is -0.156. The van der Waals surface area contributed by atoms with Crippen LogP contribution < -0.4 is 11.3 Å². The fraction of sp³-hybridized carbons (Fsp3) is 0.632. The number of rotatable bonds is 4. The Morgan fingerprint density at radius 2 is 2.19 bits per heavy atom. The smallest absolute Gasteiger partial charge is 0.308 e. The predicted molar refractivity (Wildman–Crippen MR) is 104 cm³/mol. The number of anilines is 1. The Hall–Kier alpha value is -2.35. The van der Waals surface area contributed by atoms with Crippen molar-refractivity contribution in [3.8, 4) is 0 Å². The first-order valence-corrected chi connectivity index (χ1v) is 9.43. The second-order valence-electron chi connectivity index (χ2n) is 7.07. The molecule has 8 nitrogen and oxygen atoms in total. The number of nitrogens with zero attached hydrogens (tertiary/aromatic N) is 2. The Balaban J connectivity index is 0.00000126. The van der Waals surface area contributed by atoms with Gasteiger partial charge in [-0.1, -0.05) is 27.7 Å². The Morgan fingerprint density at radius 3 is 2.81 bits per heavy atom. The van der Waals surface area contributed by atoms with Crippen LogP contribution in [0.4, 0.5) is 5.95 Å². The van der Waals surface area contributed by atoms with Gasteiger partial charge in [-0.25, -0.2) is 0 Å². The van der Waals surface area contributed by atoms with E-state index in [-0.39, 0.29) is 36.1 Å². The third kappa shape index (κ3) is 4.16. The van der Waals surface area contributed by atoms with Crippen molar-refractivity contribution in [3.63, 3.8) is 0 Å². The number of fused-ring (bicyclic) bond motifs is 1. The fourth-order valence-electron chi connectivity index (χ4n) is 3.23. The fourth-order valence-corrected chi connectivity index (χ4v) is 3.23. The number of ether oxygens (including phenoxy) is 2. The van der Waals surface area contributed by atoms with Gasteiger partial charge in [-0.2, -0.15) is 4.98 Å². The highest BCUT2D eigenvalue weighted by Crippen LogP contribution is 2.37. The molecule has 0 aliphatic carbocycles. The van der Waals surface area contributed by atoms with Gasteiger partial charge in [0.15, 0.2) is 5.65 Å². The lowest BCUT2D eigenvalue weighted by Crippen LogP contribution is -2.31. The monoisotopic (exact) mass is 378 g/mol. The van der Waals surface area contributed by atoms with Gasteiger partial charge in [0.1, 0.15) is 12.3 Å². The van der Waals surface area contributed by atoms with Gasteiger partial charge >= 0.3 is 5.97 Å². The summed E-state index contributed by atoms with van der Waals surface area (Å²) in [5.41, 5.74) is 6.08. The van der Waals surface area contributed by atoms with E-state index in [2.05, 4.69) is 9.97 Å². The van der Waals surface area contributed by atoms with Crippen LogP contribution in [-0.4, -0.2) is 33.2 Å². The number of aryl methyl sites for hydroxylation is 1. The molecule has 3 rings (SSSR count). The third-order valence-corrected chi connectivity index (χ3v) is 4.61. The van der Waals surface area contributed by atoms with Crippen molar-refractivity contribution in [2.45, 2.75) is 66.2 Å². The van der Waals surface area contributed by atoms with Crippen LogP contribution in [-0.2, 0) is 20.0 Å². The molecule has 27 heavy (non-hydrogen) atoms. The van der Waals surface area contributed by atoms with Crippen LogP contribution in [0.2, 0.25) is 0 Å². The molecule has 0 spiro atoms. The number of nitrogens with one attached hydrogen (secondary N) is 1. The van der Waals surface area contributed by atoms with Crippen molar-refractivity contribution < 1.29 is 14.3 Å². The van der Waals surface area contributed by atoms with E-state index in [1.807, 2.05) is 38.5 Å². The summed E-state index contributed by atoms with van der Waals surface area (Å²) in [6.45, 7) is 11.6. The standard InChI is InChI=1S/C17H24N4O4.C2H6/c1-9(2)15(23)24-8-11-5-6-17(4,25-11)21-7-10(3)12-13(21)19-16(18)20-14(12)22;1-2/h7,9,11H,5-6,8H2,1-4H3,(H3,18,19,20,22);1-2H3/t11?,17-;/m1./s1. The van der Waals surface area contributed by atoms with Crippen molar-refractivity contribution in [3.05, 3.63) is 22.1 Å². The number of nitrogen functional groups attached to an aromatic ring is 1. The molecule has 8 heteroatoms. The molecule has 1 aliphatic heterocycles. The number of H-pyrrole nitrogens is 1. The molecule has 2 aromatic rings. The maximum absolute atomic E-state index is 12.2. The normalized spacial score (nSPS) is 22.0. The van der Waals surface area contributed by atoms with E-state index < -0.39 is 5.72 Å². The van der Waals surface area contributed by atoms with E-state index in [1.54, 1.807) is 13.8 Å². The first kappa shape index (κ1) is 21.0. The minimum Gasteiger partial charge on any atom is -0.463 e. The summed E-state index contributed by atoms with van der Waals surface area (Å²) in [4.78, 5) is 30.6. The van der Waals surface area contributed by atoms with Crippen LogP contribution in [0.15, 0.2) is 11.0 Å². The van der Waals surface area contributed by atoms with Gasteiger partial charge < -0.3 is 19.8 Å². The predicted octanol–water partition coefficient (Wildman–Crippen LogP) is 2.69. The quantitative estimate of drug-likeness (QED) is 0.791. The molecular weight excluding hydrogens is 348 g/mol. The number of nitrogens with two attached hydrogens (primary N) is 1. The molecular formula is C19H30N4O4. The molecule has 150 valence electrons. The molecule has 0 aromatic carbocycles. The van der Waals surface area contributed by atoms with Crippen LogP contribution in [0.3, 0.4) is 0 Å². The molecule has 1 fully saturated rings. The van der Waals surface area contributed by atoms with E-state index in [9.17, 15) is 9.59 Å². The zero-order valence-electron chi connectivity index (χ0n) is 17.0. The van der Waals surface area contributed by atoms with Gasteiger partial charge in [0.25, 0.3) is 5.56 Å². The molecule has 0 amide bonds. The van der Waals surface area contributed by atoms with Crippen LogP contribution in [0.25, 0.3) is 11.0 Å². The van der Waals surface area contributed by atoms with Crippen molar-refractivity contribution in [2.75, 3.05) is 12.3 Å². The zero-order chi connectivity index (χ0) is 20.4. The van der Waals surface area contributed by atoms with Crippen molar-refractivity contribution in [1.82, 2.24) is 14.5 Å². The van der Waals surface area contributed by atoms with Crippen LogP contribution in [0.1, 0.15) is 53.0 Å². The highest BCUT2D eigenvalue weighted by molar-refractivity contribution is 5.80. The highest BCUT2D eigenvalue weighted by Gasteiger charge is 2.39. The molecule has 1 aliphatic rings. The molecule has 2 atom stereocenters. The summed E-state index contributed by atoms with van der Waals surface area (Å²) in [7, 11) is 0. The van der Waals surface area contributed by atoms with Crippen LogP contribution in [0, 0.1) is 12.8 Å². The van der Waals surface area contributed by atoms with E-state index >= 15 is 0 Å². The lowest BCUT2D eigenvalue weighted by atomic mass is 10.1. The molecule has 1 saturated heterocycles. The number of aromatic nitrogens is 3. The summed E-state index contributed by atoms with van der Waals surface area (Å²) < 4.78 is 13.3. The first-order valence-electron chi connectivity index (χ1n) is 9.43. The topological polar surface area (TPSA) is 112 Å². The Kier molecular flexibility index (Phi) is 6.30. The van der Waals surface area contributed by atoms with Gasteiger partial charge in [-0.15, -0.1) is 0 Å². The van der Waals surface area contributed by atoms with Gasteiger partial charge in [0.2, 0.25) is 5.95 Å². The largest absolute Gasteiger partial charge is 0.463 e. The number of carbonyl (C=O) groups excluding carboxylic acids is 1. The molecule has 0 saturated carbocycles. The Bertz CT molecular complexity index is 870. The molecule has 2 aromatic heterocycles. The second-order valence-corrected chi connectivity index (χ2v) is 7.07. The molecule has 1 unspecified atom stereocenters. The molecule has 0 radical (unpaired) electrons. The summed E-state index contributed by atoms with van der Waals surface area (Å²) in [6.07, 6.45) is 3.13. The number of aromatic amines is 1. The summed E-state index contributed by atoms with van der Waals surface area (Å²) >= 11 is 0. The van der Waals surface area contributed by atoms with Gasteiger partial charge in [0, 0.05) is 6.20 Å². The van der Waals surface area contributed by atoms with Gasteiger partial charge in [-0.05, 0) is 32.3 Å². The zero-order valence-corrected chi connectivity index (χ0v) is 17.0. The summed E-state index contributed by atoms with van der Waals surface area (Å²) in [5, 5.41) is 0.508. The maximum atomic E-state index is 12.2. The first-order chi connectivity index (χ1) is 12.7. The van der Waals surface area contributed by atoms with Crippen molar-refractivity contribution in [2.24, 2.45) is 5.92 Å². The minimum atomic E-state index is -0.672. The van der Waals surface area contributed by atoms with E-state index in [1.165, 1.54) is 0 Å². The van der Waals surface area contributed by atoms with E-state index in [0.717, 1.165) is 12.0 Å². The number of carbonyl (C=O) groups is 1. The van der Waals surface area contributed by atoms with Crippen molar-refractivity contribution in [1.29, 1.82) is 0 Å². The molecule has 0 bridgehead atoms. The minimum absolute atomic E-state index is 0.0702. The number of hydrogen-bond acceptors (Lipinski definition) is 6. The van der Waals surface area contributed by atoms with Crippen LogP contribution in [0.5, 0.6) is 0 Å². The highest BCUT2D eigenvalue weighted by atomic mass is 16.6. The Morgan fingerprint density at radius 1 is 1.52 bits per heavy atom. The number of hydrogen-bond donors (Lipinski definition) is 2. The molecule has 3 heterocycles. The van der Waals surface area contributed by atoms with Gasteiger partial charge in [-0.3, -0.25) is 14.6 Å². The lowest BCUT2D eigenvalue weighted by Gasteiger charge is -2.27. The van der Waals surface area contributed by atoms with E-state index in [4.69, 9.17) is 15.2 Å². The SMILES string of the molecule is CC.Cc1cn([C@@]2(C)CCC(COC(=O)C(C)C)O2)c2nc(N)[nH]c(=O)c12. The van der Waals surface area contributed by atoms with Gasteiger partial charge in [0.05, 0.1) is 17.4 Å². The number of esters is 1. The summed E-state index contributed by atoms with van der Waals surface area (Å²) in [6, 6.07) is 0. The Labute approximate surface area is 159 Å². The second kappa shape index (κ2) is 8.12.